The van der Waals surface area contributed by atoms with Crippen LogP contribution in [0.1, 0.15) is 21.8 Å². The predicted octanol–water partition coefficient (Wildman–Crippen LogP) is 3.24. The molecular formula is C14H21ClIN5S. The predicted molar refractivity (Wildman–Crippen MR) is 104 cm³/mol. The van der Waals surface area contributed by atoms with E-state index in [4.69, 9.17) is 11.6 Å². The Kier molecular flexibility index (Phi) is 7.64. The van der Waals surface area contributed by atoms with E-state index in [1.54, 1.807) is 18.4 Å². The molecule has 0 spiro atoms. The first-order chi connectivity index (χ1) is 10.0. The zero-order valence-corrected chi connectivity index (χ0v) is 17.0. The van der Waals surface area contributed by atoms with Crippen LogP contribution in [0, 0.1) is 13.8 Å². The van der Waals surface area contributed by atoms with Gasteiger partial charge in [0.2, 0.25) is 0 Å². The van der Waals surface area contributed by atoms with E-state index < -0.39 is 0 Å². The lowest BCUT2D eigenvalue weighted by atomic mass is 10.2. The Balaban J connectivity index is 0.00000242. The molecule has 0 bridgehead atoms. The molecule has 0 aliphatic heterocycles. The molecule has 122 valence electrons. The highest BCUT2D eigenvalue weighted by molar-refractivity contribution is 14.0. The van der Waals surface area contributed by atoms with Crippen molar-refractivity contribution >= 4 is 52.9 Å². The molecule has 2 heterocycles. The van der Waals surface area contributed by atoms with Gasteiger partial charge in [0, 0.05) is 36.8 Å². The van der Waals surface area contributed by atoms with E-state index in [-0.39, 0.29) is 24.0 Å². The number of aliphatic imine (C=N–C) groups is 1. The minimum Gasteiger partial charge on any atom is -0.352 e. The van der Waals surface area contributed by atoms with Gasteiger partial charge in [0.15, 0.2) is 5.96 Å². The number of aryl methyl sites for hydroxylation is 2. The van der Waals surface area contributed by atoms with E-state index in [1.807, 2.05) is 30.8 Å². The van der Waals surface area contributed by atoms with E-state index in [9.17, 15) is 0 Å². The molecule has 0 unspecified atom stereocenters. The molecule has 0 saturated carbocycles. The summed E-state index contributed by atoms with van der Waals surface area (Å²) in [5.74, 6) is 0.766. The summed E-state index contributed by atoms with van der Waals surface area (Å²) in [5.41, 5.74) is 3.42. The summed E-state index contributed by atoms with van der Waals surface area (Å²) in [6.45, 7) is 5.51. The monoisotopic (exact) mass is 453 g/mol. The van der Waals surface area contributed by atoms with Gasteiger partial charge >= 0.3 is 0 Å². The molecule has 8 heteroatoms. The third-order valence-corrected chi connectivity index (χ3v) is 4.61. The first kappa shape index (κ1) is 19.2. The maximum atomic E-state index is 5.92. The number of hydrogen-bond acceptors (Lipinski definition) is 3. The molecule has 0 atom stereocenters. The molecule has 5 nitrogen and oxygen atoms in total. The average molecular weight is 454 g/mol. The number of nitrogens with one attached hydrogen (secondary N) is 2. The molecule has 0 saturated heterocycles. The smallest absolute Gasteiger partial charge is 0.191 e. The first-order valence-corrected chi connectivity index (χ1v) is 7.88. The van der Waals surface area contributed by atoms with Crippen LogP contribution in [0.5, 0.6) is 0 Å². The molecular weight excluding hydrogens is 433 g/mol. The second-order valence-corrected chi connectivity index (χ2v) is 6.56. The Labute approximate surface area is 157 Å². The fourth-order valence-corrected chi connectivity index (χ4v) is 3.11. The minimum absolute atomic E-state index is 0. The maximum absolute atomic E-state index is 5.92. The van der Waals surface area contributed by atoms with Crippen LogP contribution in [0.4, 0.5) is 0 Å². The van der Waals surface area contributed by atoms with Gasteiger partial charge in [0.1, 0.15) is 0 Å². The zero-order valence-electron chi connectivity index (χ0n) is 13.1. The summed E-state index contributed by atoms with van der Waals surface area (Å²) < 4.78 is 2.70. The Morgan fingerprint density at radius 3 is 2.50 bits per heavy atom. The Hall–Kier alpha value is -0.800. The SMILES string of the molecule is CN=C(NCc1ccc(Cl)s1)NCc1c(C)nn(C)c1C.I. The number of nitrogens with zero attached hydrogens (tertiary/aromatic N) is 3. The summed E-state index contributed by atoms with van der Waals surface area (Å²) >= 11 is 7.49. The normalized spacial score (nSPS) is 11.2. The van der Waals surface area contributed by atoms with Crippen molar-refractivity contribution in [1.82, 2.24) is 20.4 Å². The van der Waals surface area contributed by atoms with E-state index in [1.165, 1.54) is 16.1 Å². The van der Waals surface area contributed by atoms with Gasteiger partial charge in [-0.25, -0.2) is 0 Å². The Bertz CT molecular complexity index is 650. The molecule has 0 fully saturated rings. The Morgan fingerprint density at radius 1 is 1.32 bits per heavy atom. The summed E-state index contributed by atoms with van der Waals surface area (Å²) in [4.78, 5) is 5.41. The highest BCUT2D eigenvalue weighted by atomic mass is 127. The van der Waals surface area contributed by atoms with Crippen LogP contribution in [0.3, 0.4) is 0 Å². The summed E-state index contributed by atoms with van der Waals surface area (Å²) in [5, 5.41) is 11.0. The zero-order chi connectivity index (χ0) is 15.4. The van der Waals surface area contributed by atoms with Gasteiger partial charge in [-0.15, -0.1) is 35.3 Å². The molecule has 0 amide bonds. The van der Waals surface area contributed by atoms with Crippen molar-refractivity contribution < 1.29 is 0 Å². The number of halogens is 2. The lowest BCUT2D eigenvalue weighted by Gasteiger charge is -2.11. The molecule has 2 aromatic heterocycles. The maximum Gasteiger partial charge on any atom is 0.191 e. The fourth-order valence-electron chi connectivity index (χ4n) is 2.08. The molecule has 0 aliphatic rings. The fraction of sp³-hybridized carbons (Fsp3) is 0.429. The van der Waals surface area contributed by atoms with Crippen LogP contribution < -0.4 is 10.6 Å². The van der Waals surface area contributed by atoms with Gasteiger partial charge in [-0.3, -0.25) is 9.67 Å². The minimum atomic E-state index is 0. The van der Waals surface area contributed by atoms with Crippen molar-refractivity contribution in [3.05, 3.63) is 38.3 Å². The van der Waals surface area contributed by atoms with Crippen molar-refractivity contribution in [2.75, 3.05) is 7.05 Å². The third-order valence-electron chi connectivity index (χ3n) is 3.37. The van der Waals surface area contributed by atoms with Gasteiger partial charge in [-0.2, -0.15) is 5.10 Å². The Morgan fingerprint density at radius 2 is 2.00 bits per heavy atom. The van der Waals surface area contributed by atoms with Crippen molar-refractivity contribution in [3.8, 4) is 0 Å². The second kappa shape index (κ2) is 8.73. The highest BCUT2D eigenvalue weighted by Gasteiger charge is 2.09. The van der Waals surface area contributed by atoms with Crippen molar-refractivity contribution in [3.63, 3.8) is 0 Å². The molecule has 22 heavy (non-hydrogen) atoms. The number of aromatic nitrogens is 2. The summed E-state index contributed by atoms with van der Waals surface area (Å²) in [6, 6.07) is 3.92. The van der Waals surface area contributed by atoms with E-state index in [0.717, 1.165) is 16.0 Å². The molecule has 2 aromatic rings. The lowest BCUT2D eigenvalue weighted by molar-refractivity contribution is 0.728. The molecule has 0 aromatic carbocycles. The van der Waals surface area contributed by atoms with E-state index in [2.05, 4.69) is 27.6 Å². The molecule has 0 radical (unpaired) electrons. The molecule has 2 rings (SSSR count). The van der Waals surface area contributed by atoms with Crippen molar-refractivity contribution in [2.45, 2.75) is 26.9 Å². The van der Waals surface area contributed by atoms with Crippen LogP contribution in [0.25, 0.3) is 0 Å². The molecule has 0 aliphatic carbocycles. The van der Waals surface area contributed by atoms with Crippen LogP contribution in [-0.4, -0.2) is 22.8 Å². The lowest BCUT2D eigenvalue weighted by Crippen LogP contribution is -2.36. The van der Waals surface area contributed by atoms with Gasteiger partial charge in [0.05, 0.1) is 16.6 Å². The standard InChI is InChI=1S/C14H20ClN5S.HI/c1-9-12(10(2)20(4)19-9)8-18-14(16-3)17-7-11-5-6-13(15)21-11;/h5-6H,7-8H2,1-4H3,(H2,16,17,18);1H. The van der Waals surface area contributed by atoms with Crippen LogP contribution >= 0.6 is 46.9 Å². The largest absolute Gasteiger partial charge is 0.352 e. The number of hydrogen-bond donors (Lipinski definition) is 2. The van der Waals surface area contributed by atoms with Crippen LogP contribution in [0.15, 0.2) is 17.1 Å². The third kappa shape index (κ3) is 4.85. The van der Waals surface area contributed by atoms with Crippen molar-refractivity contribution in [1.29, 1.82) is 0 Å². The number of thiophene rings is 1. The average Bonchev–Trinajstić information content (AvgIpc) is 2.96. The van der Waals surface area contributed by atoms with Crippen LogP contribution in [0.2, 0.25) is 4.34 Å². The second-order valence-electron chi connectivity index (χ2n) is 4.76. The quantitative estimate of drug-likeness (QED) is 0.424. The topological polar surface area (TPSA) is 54.2 Å². The first-order valence-electron chi connectivity index (χ1n) is 6.69. The number of rotatable bonds is 4. The summed E-state index contributed by atoms with van der Waals surface area (Å²) in [7, 11) is 3.72. The van der Waals surface area contributed by atoms with Gasteiger partial charge in [-0.05, 0) is 26.0 Å². The van der Waals surface area contributed by atoms with Gasteiger partial charge < -0.3 is 10.6 Å². The van der Waals surface area contributed by atoms with Gasteiger partial charge in [0.25, 0.3) is 0 Å². The van der Waals surface area contributed by atoms with Gasteiger partial charge in [-0.1, -0.05) is 11.6 Å². The summed E-state index contributed by atoms with van der Waals surface area (Å²) in [6.07, 6.45) is 0. The van der Waals surface area contributed by atoms with E-state index >= 15 is 0 Å². The highest BCUT2D eigenvalue weighted by Crippen LogP contribution is 2.20. The van der Waals surface area contributed by atoms with E-state index in [0.29, 0.717) is 13.1 Å². The van der Waals surface area contributed by atoms with Crippen LogP contribution in [-0.2, 0) is 20.1 Å². The number of guanidine groups is 1. The molecule has 2 N–H and O–H groups in total. The van der Waals surface area contributed by atoms with Crippen molar-refractivity contribution in [2.24, 2.45) is 12.0 Å².